The number of hydrogen-bond acceptors (Lipinski definition) is 4. The first-order chi connectivity index (χ1) is 17.0. The van der Waals surface area contributed by atoms with Crippen LogP contribution in [0.3, 0.4) is 0 Å². The number of carbonyl (C=O) groups is 2. The molecule has 1 amide bonds. The number of ether oxygens (including phenoxy) is 1. The van der Waals surface area contributed by atoms with E-state index in [0.29, 0.717) is 27.7 Å². The first-order valence-electron chi connectivity index (χ1n) is 12.1. The molecule has 1 fully saturated rings. The third-order valence-corrected chi connectivity index (χ3v) is 7.02. The van der Waals surface area contributed by atoms with Crippen molar-refractivity contribution in [2.45, 2.75) is 44.7 Å². The van der Waals surface area contributed by atoms with Crippen molar-refractivity contribution in [3.63, 3.8) is 0 Å². The lowest BCUT2D eigenvalue weighted by Gasteiger charge is -2.23. The Morgan fingerprint density at radius 1 is 1.00 bits per heavy atom. The summed E-state index contributed by atoms with van der Waals surface area (Å²) in [6, 6.07) is 16.5. The summed E-state index contributed by atoms with van der Waals surface area (Å²) in [5, 5.41) is 4.23. The van der Waals surface area contributed by atoms with Crippen LogP contribution in [0.5, 0.6) is 5.75 Å². The van der Waals surface area contributed by atoms with Gasteiger partial charge in [-0.1, -0.05) is 67.8 Å². The van der Waals surface area contributed by atoms with Crippen molar-refractivity contribution < 1.29 is 14.3 Å². The zero-order valence-corrected chi connectivity index (χ0v) is 20.0. The maximum absolute atomic E-state index is 13.9. The molecule has 1 saturated carbocycles. The second-order valence-electron chi connectivity index (χ2n) is 9.17. The van der Waals surface area contributed by atoms with Gasteiger partial charge in [-0.05, 0) is 18.9 Å². The number of aryl methyl sites for hydroxylation is 1. The van der Waals surface area contributed by atoms with Crippen LogP contribution in [0.15, 0.2) is 59.4 Å². The predicted octanol–water partition coefficient (Wildman–Crippen LogP) is 4.45. The molecule has 1 N–H and O–H groups in total. The Balaban J connectivity index is 1.69. The van der Waals surface area contributed by atoms with Crippen LogP contribution < -0.4 is 15.6 Å². The predicted molar refractivity (Wildman–Crippen MR) is 136 cm³/mol. The molecule has 2 heterocycles. The number of hydrogen-bond donors (Lipinski definition) is 1. The maximum atomic E-state index is 13.9. The SMILES string of the molecule is COc1c(C(=O)NC2CCCCC2)n(C)c2c1c(=O)n(CC(=O)c1ccccc1)c1ccccc21. The van der Waals surface area contributed by atoms with Crippen LogP contribution in [0.25, 0.3) is 21.8 Å². The molecule has 4 aromatic rings. The van der Waals surface area contributed by atoms with Crippen molar-refractivity contribution >= 4 is 33.5 Å². The summed E-state index contributed by atoms with van der Waals surface area (Å²) in [6.07, 6.45) is 5.30. The fourth-order valence-electron chi connectivity index (χ4n) is 5.30. The van der Waals surface area contributed by atoms with Gasteiger partial charge in [0.2, 0.25) is 0 Å². The molecule has 7 heteroatoms. The van der Waals surface area contributed by atoms with Crippen molar-refractivity contribution in [2.24, 2.45) is 7.05 Å². The molecule has 7 nitrogen and oxygen atoms in total. The van der Waals surface area contributed by atoms with E-state index in [1.54, 1.807) is 35.9 Å². The lowest BCUT2D eigenvalue weighted by atomic mass is 9.95. The first-order valence-corrected chi connectivity index (χ1v) is 12.1. The summed E-state index contributed by atoms with van der Waals surface area (Å²) < 4.78 is 8.92. The fraction of sp³-hybridized carbons (Fsp3) is 0.321. The molecule has 1 aliphatic carbocycles. The molecular formula is C28H29N3O4. The van der Waals surface area contributed by atoms with Crippen LogP contribution in [0, 0.1) is 0 Å². The number of ketones is 1. The average Bonchev–Trinajstić information content (AvgIpc) is 3.20. The highest BCUT2D eigenvalue weighted by Gasteiger charge is 2.29. The van der Waals surface area contributed by atoms with Gasteiger partial charge in [-0.3, -0.25) is 19.0 Å². The fourth-order valence-corrected chi connectivity index (χ4v) is 5.30. The smallest absolute Gasteiger partial charge is 0.272 e. The summed E-state index contributed by atoms with van der Waals surface area (Å²) >= 11 is 0. The van der Waals surface area contributed by atoms with E-state index in [1.807, 2.05) is 30.3 Å². The lowest BCUT2D eigenvalue weighted by Crippen LogP contribution is -2.37. The van der Waals surface area contributed by atoms with Crippen molar-refractivity contribution in [3.05, 3.63) is 76.2 Å². The molecule has 35 heavy (non-hydrogen) atoms. The molecule has 2 aromatic carbocycles. The Hall–Kier alpha value is -3.87. The Labute approximate surface area is 203 Å². The van der Waals surface area contributed by atoms with Crippen LogP contribution in [0.2, 0.25) is 0 Å². The van der Waals surface area contributed by atoms with Gasteiger partial charge in [0.1, 0.15) is 5.39 Å². The monoisotopic (exact) mass is 471 g/mol. The topological polar surface area (TPSA) is 82.3 Å². The zero-order chi connectivity index (χ0) is 24.5. The molecule has 0 unspecified atom stereocenters. The van der Waals surface area contributed by atoms with Gasteiger partial charge < -0.3 is 14.6 Å². The number of nitrogens with one attached hydrogen (secondary N) is 1. The molecule has 0 aliphatic heterocycles. The largest absolute Gasteiger partial charge is 0.493 e. The highest BCUT2D eigenvalue weighted by molar-refractivity contribution is 6.12. The second-order valence-corrected chi connectivity index (χ2v) is 9.17. The van der Waals surface area contributed by atoms with E-state index in [4.69, 9.17) is 4.74 Å². The number of nitrogens with zero attached hydrogens (tertiary/aromatic N) is 2. The molecule has 0 radical (unpaired) electrons. The minimum absolute atomic E-state index is 0.110. The van der Waals surface area contributed by atoms with Crippen LogP contribution in [-0.4, -0.2) is 34.0 Å². The van der Waals surface area contributed by atoms with Gasteiger partial charge in [0.05, 0.1) is 24.7 Å². The number of amides is 1. The average molecular weight is 472 g/mol. The van der Waals surface area contributed by atoms with Gasteiger partial charge >= 0.3 is 0 Å². The van der Waals surface area contributed by atoms with Crippen molar-refractivity contribution in [2.75, 3.05) is 7.11 Å². The maximum Gasteiger partial charge on any atom is 0.272 e. The molecule has 0 saturated heterocycles. The van der Waals surface area contributed by atoms with E-state index in [1.165, 1.54) is 18.1 Å². The third kappa shape index (κ3) is 4.01. The minimum Gasteiger partial charge on any atom is -0.493 e. The summed E-state index contributed by atoms with van der Waals surface area (Å²) in [5.41, 5.74) is 1.77. The second kappa shape index (κ2) is 9.41. The Bertz CT molecular complexity index is 1480. The summed E-state index contributed by atoms with van der Waals surface area (Å²) in [6.45, 7) is -0.110. The summed E-state index contributed by atoms with van der Waals surface area (Å²) in [7, 11) is 3.26. The summed E-state index contributed by atoms with van der Waals surface area (Å²) in [5.74, 6) is -0.169. The first kappa shape index (κ1) is 22.9. The van der Waals surface area contributed by atoms with E-state index in [9.17, 15) is 14.4 Å². The molecule has 180 valence electrons. The quantitative estimate of drug-likeness (QED) is 0.421. The highest BCUT2D eigenvalue weighted by Crippen LogP contribution is 2.35. The van der Waals surface area contributed by atoms with Gasteiger partial charge in [0.15, 0.2) is 17.2 Å². The third-order valence-electron chi connectivity index (χ3n) is 7.02. The molecule has 5 rings (SSSR count). The number of benzene rings is 2. The number of methoxy groups -OCH3 is 1. The van der Waals surface area contributed by atoms with Crippen LogP contribution in [-0.2, 0) is 13.6 Å². The zero-order valence-electron chi connectivity index (χ0n) is 20.0. The highest BCUT2D eigenvalue weighted by atomic mass is 16.5. The Morgan fingerprint density at radius 2 is 1.69 bits per heavy atom. The van der Waals surface area contributed by atoms with E-state index in [2.05, 4.69) is 5.32 Å². The number of para-hydroxylation sites is 1. The number of pyridine rings is 1. The summed E-state index contributed by atoms with van der Waals surface area (Å²) in [4.78, 5) is 40.3. The molecule has 0 spiro atoms. The van der Waals surface area contributed by atoms with Gasteiger partial charge in [0, 0.05) is 24.0 Å². The number of aromatic nitrogens is 2. The van der Waals surface area contributed by atoms with E-state index in [-0.39, 0.29) is 35.6 Å². The van der Waals surface area contributed by atoms with Crippen LogP contribution in [0.1, 0.15) is 53.0 Å². The number of carbonyl (C=O) groups excluding carboxylic acids is 2. The lowest BCUT2D eigenvalue weighted by molar-refractivity contribution is 0.0915. The molecule has 2 aromatic heterocycles. The van der Waals surface area contributed by atoms with E-state index < -0.39 is 0 Å². The van der Waals surface area contributed by atoms with Crippen LogP contribution >= 0.6 is 0 Å². The van der Waals surface area contributed by atoms with Crippen molar-refractivity contribution in [1.82, 2.24) is 14.5 Å². The van der Waals surface area contributed by atoms with E-state index >= 15 is 0 Å². The molecule has 0 atom stereocenters. The normalized spacial score (nSPS) is 14.3. The Morgan fingerprint density at radius 3 is 2.40 bits per heavy atom. The molecule has 0 bridgehead atoms. The van der Waals surface area contributed by atoms with Gasteiger partial charge in [0.25, 0.3) is 11.5 Å². The van der Waals surface area contributed by atoms with Gasteiger partial charge in [-0.2, -0.15) is 0 Å². The molecular weight excluding hydrogens is 442 g/mol. The number of fused-ring (bicyclic) bond motifs is 3. The Kier molecular flexibility index (Phi) is 6.16. The van der Waals surface area contributed by atoms with Crippen molar-refractivity contribution in [3.8, 4) is 5.75 Å². The van der Waals surface area contributed by atoms with Gasteiger partial charge in [-0.15, -0.1) is 0 Å². The minimum atomic E-state index is -0.354. The van der Waals surface area contributed by atoms with Crippen molar-refractivity contribution in [1.29, 1.82) is 0 Å². The number of Topliss-reactive ketones (excluding diaryl/α,β-unsaturated/α-hetero) is 1. The van der Waals surface area contributed by atoms with Crippen LogP contribution in [0.4, 0.5) is 0 Å². The van der Waals surface area contributed by atoms with Gasteiger partial charge in [-0.25, -0.2) is 0 Å². The van der Waals surface area contributed by atoms with E-state index in [0.717, 1.165) is 31.1 Å². The number of rotatable bonds is 6. The molecule has 1 aliphatic rings. The standard InChI is InChI=1S/C28H29N3O4/c1-30-24-20-15-9-10-16-21(20)31(17-22(32)18-11-5-3-6-12-18)28(34)23(24)26(35-2)25(30)27(33)29-19-13-7-4-8-14-19/h3,5-6,9-12,15-16,19H,4,7-8,13-14,17H2,1-2H3,(H,29,33).